The van der Waals surface area contributed by atoms with Crippen LogP contribution in [0.15, 0.2) is 58.4 Å². The lowest BCUT2D eigenvalue weighted by molar-refractivity contribution is -0.129. The molecule has 2 aromatic carbocycles. The fraction of sp³-hybridized carbons (Fsp3) is 0.423. The number of hydrogen-bond acceptors (Lipinski definition) is 6. The van der Waals surface area contributed by atoms with Crippen LogP contribution in [0.5, 0.6) is 0 Å². The van der Waals surface area contributed by atoms with Crippen LogP contribution in [0.25, 0.3) is 0 Å². The maximum atomic E-state index is 14.0. The van der Waals surface area contributed by atoms with Crippen LogP contribution in [0, 0.1) is 11.7 Å². The number of hydrogen-bond donors (Lipinski definition) is 1. The summed E-state index contributed by atoms with van der Waals surface area (Å²) in [6.07, 6.45) is 1.49. The van der Waals surface area contributed by atoms with Crippen LogP contribution >= 0.6 is 11.8 Å². The lowest BCUT2D eigenvalue weighted by Crippen LogP contribution is -2.40. The van der Waals surface area contributed by atoms with Crippen LogP contribution in [-0.2, 0) is 19.6 Å². The molecule has 200 valence electrons. The number of amides is 2. The predicted octanol–water partition coefficient (Wildman–Crippen LogP) is 4.86. The summed E-state index contributed by atoms with van der Waals surface area (Å²) in [4.78, 5) is 32.4. The second-order valence-corrected chi connectivity index (χ2v) is 12.9. The third kappa shape index (κ3) is 7.18. The van der Waals surface area contributed by atoms with E-state index in [0.29, 0.717) is 16.8 Å². The number of sulfonamides is 1. The molecule has 1 N–H and O–H groups in total. The summed E-state index contributed by atoms with van der Waals surface area (Å²) in [6.45, 7) is 6.15. The minimum Gasteiger partial charge on any atom is -0.324 e. The van der Waals surface area contributed by atoms with Gasteiger partial charge < -0.3 is 5.32 Å². The lowest BCUT2D eigenvalue weighted by Gasteiger charge is -2.25. The zero-order valence-electron chi connectivity index (χ0n) is 21.6. The van der Waals surface area contributed by atoms with Crippen LogP contribution in [0.3, 0.4) is 0 Å². The van der Waals surface area contributed by atoms with E-state index >= 15 is 0 Å². The number of rotatable bonds is 10. The minimum atomic E-state index is -3.66. The first kappa shape index (κ1) is 28.8. The highest BCUT2D eigenvalue weighted by molar-refractivity contribution is 8.15. The molecule has 0 aliphatic carbocycles. The van der Waals surface area contributed by atoms with Gasteiger partial charge in [-0.05, 0) is 56.0 Å². The van der Waals surface area contributed by atoms with Crippen LogP contribution in [0.4, 0.5) is 15.8 Å². The van der Waals surface area contributed by atoms with E-state index in [1.807, 2.05) is 6.92 Å². The van der Waals surface area contributed by atoms with E-state index in [9.17, 15) is 22.4 Å². The molecule has 0 bridgehead atoms. The Bertz CT molecular complexity index is 1280. The van der Waals surface area contributed by atoms with Crippen molar-refractivity contribution >= 4 is 50.1 Å². The van der Waals surface area contributed by atoms with Gasteiger partial charge in [-0.3, -0.25) is 14.5 Å². The quantitative estimate of drug-likeness (QED) is 0.457. The Morgan fingerprint density at radius 2 is 1.84 bits per heavy atom. The Hall–Kier alpha value is -2.76. The van der Waals surface area contributed by atoms with Crippen molar-refractivity contribution in [1.29, 1.82) is 0 Å². The number of aliphatic imine (C=N–C) groups is 1. The largest absolute Gasteiger partial charge is 0.324 e. The first-order chi connectivity index (χ1) is 17.4. The molecule has 1 saturated heterocycles. The molecule has 0 unspecified atom stereocenters. The normalized spacial score (nSPS) is 18.2. The standard InChI is InChI=1S/C26H33FN4O4S2/c1-17(2)13-14-18(3)31-25(33)23(16-24(32)29-22-12-7-6-11-21(22)27)36-26(31)28-19-9-8-10-20(15-19)37(34,35)30(4)5/h6-12,15,17-18,23H,13-14,16H2,1-5H3,(H,29,32)/t18-,23+/m1/s1. The number of carbonyl (C=O) groups excluding carboxylic acids is 2. The van der Waals surface area contributed by atoms with Gasteiger partial charge in [0.25, 0.3) is 0 Å². The summed E-state index contributed by atoms with van der Waals surface area (Å²) in [7, 11) is -0.753. The lowest BCUT2D eigenvalue weighted by atomic mass is 10.0. The minimum absolute atomic E-state index is 0.0536. The number of thioether (sulfide) groups is 1. The number of nitrogens with one attached hydrogen (secondary N) is 1. The van der Waals surface area contributed by atoms with Crippen LogP contribution in [-0.4, -0.2) is 60.0 Å². The predicted molar refractivity (Wildman–Crippen MR) is 146 cm³/mol. The Morgan fingerprint density at radius 3 is 2.49 bits per heavy atom. The molecule has 3 rings (SSSR count). The van der Waals surface area contributed by atoms with Crippen molar-refractivity contribution < 1.29 is 22.4 Å². The van der Waals surface area contributed by atoms with Crippen molar-refractivity contribution in [2.45, 2.75) is 56.2 Å². The fourth-order valence-electron chi connectivity index (χ4n) is 3.77. The summed E-state index contributed by atoms with van der Waals surface area (Å²) in [5.74, 6) is -0.838. The smallest absolute Gasteiger partial charge is 0.242 e. The van der Waals surface area contributed by atoms with E-state index in [0.717, 1.165) is 28.9 Å². The number of amidine groups is 1. The molecule has 2 atom stereocenters. The Balaban J connectivity index is 1.88. The molecule has 1 heterocycles. The topological polar surface area (TPSA) is 99.1 Å². The second kappa shape index (κ2) is 12.2. The number of carbonyl (C=O) groups is 2. The molecule has 11 heteroatoms. The Kier molecular flexibility index (Phi) is 9.49. The van der Waals surface area contributed by atoms with E-state index in [1.165, 1.54) is 44.4 Å². The molecule has 0 aromatic heterocycles. The van der Waals surface area contributed by atoms with Crippen LogP contribution in [0.2, 0.25) is 0 Å². The summed E-state index contributed by atoms with van der Waals surface area (Å²) < 4.78 is 40.2. The SMILES string of the molecule is CC(C)CC[C@@H](C)N1C(=O)[C@H](CC(=O)Nc2ccccc2F)SC1=Nc1cccc(S(=O)(=O)N(C)C)c1. The summed E-state index contributed by atoms with van der Waals surface area (Å²) in [5.41, 5.74) is 0.439. The van der Waals surface area contributed by atoms with E-state index < -0.39 is 27.0 Å². The van der Waals surface area contributed by atoms with Crippen molar-refractivity contribution in [1.82, 2.24) is 9.21 Å². The van der Waals surface area contributed by atoms with Gasteiger partial charge in [-0.25, -0.2) is 22.1 Å². The molecule has 1 aliphatic heterocycles. The summed E-state index contributed by atoms with van der Waals surface area (Å²) in [5, 5.41) is 2.20. The maximum Gasteiger partial charge on any atom is 0.242 e. The van der Waals surface area contributed by atoms with Crippen LogP contribution in [0.1, 0.15) is 40.0 Å². The van der Waals surface area contributed by atoms with Gasteiger partial charge in [-0.2, -0.15) is 0 Å². The maximum absolute atomic E-state index is 14.0. The van der Waals surface area contributed by atoms with Crippen molar-refractivity contribution in [3.63, 3.8) is 0 Å². The molecule has 8 nitrogen and oxygen atoms in total. The number of para-hydroxylation sites is 1. The first-order valence-corrected chi connectivity index (χ1v) is 14.4. The second-order valence-electron chi connectivity index (χ2n) is 9.55. The number of benzene rings is 2. The van der Waals surface area contributed by atoms with Crippen LogP contribution < -0.4 is 5.32 Å². The van der Waals surface area contributed by atoms with E-state index in [4.69, 9.17) is 0 Å². The van der Waals surface area contributed by atoms with Gasteiger partial charge in [0.2, 0.25) is 21.8 Å². The van der Waals surface area contributed by atoms with Crippen molar-refractivity contribution in [3.05, 3.63) is 54.3 Å². The Labute approximate surface area is 222 Å². The zero-order chi connectivity index (χ0) is 27.3. The van der Waals surface area contributed by atoms with E-state index in [2.05, 4.69) is 24.2 Å². The molecular weight excluding hydrogens is 515 g/mol. The first-order valence-electron chi connectivity index (χ1n) is 12.1. The summed E-state index contributed by atoms with van der Waals surface area (Å²) in [6, 6.07) is 11.9. The average Bonchev–Trinajstić information content (AvgIpc) is 3.13. The highest BCUT2D eigenvalue weighted by atomic mass is 32.2. The van der Waals surface area contributed by atoms with Crippen molar-refractivity contribution in [2.24, 2.45) is 10.9 Å². The third-order valence-electron chi connectivity index (χ3n) is 5.91. The number of anilines is 1. The Morgan fingerprint density at radius 1 is 1.14 bits per heavy atom. The highest BCUT2D eigenvalue weighted by Crippen LogP contribution is 2.35. The molecule has 2 amide bonds. The highest BCUT2D eigenvalue weighted by Gasteiger charge is 2.41. The monoisotopic (exact) mass is 548 g/mol. The number of nitrogens with zero attached hydrogens (tertiary/aromatic N) is 3. The molecule has 37 heavy (non-hydrogen) atoms. The molecule has 1 fully saturated rings. The number of halogens is 1. The summed E-state index contributed by atoms with van der Waals surface area (Å²) >= 11 is 1.16. The van der Waals surface area contributed by atoms with Crippen molar-refractivity contribution in [2.75, 3.05) is 19.4 Å². The molecule has 1 aliphatic rings. The molecule has 0 saturated carbocycles. The molecule has 0 spiro atoms. The van der Waals surface area contributed by atoms with E-state index in [-0.39, 0.29) is 29.0 Å². The van der Waals surface area contributed by atoms with Gasteiger partial charge in [0.15, 0.2) is 5.17 Å². The van der Waals surface area contributed by atoms with Gasteiger partial charge in [0.05, 0.1) is 16.3 Å². The van der Waals surface area contributed by atoms with Gasteiger partial charge in [0, 0.05) is 26.6 Å². The fourth-order valence-corrected chi connectivity index (χ4v) is 5.96. The van der Waals surface area contributed by atoms with E-state index in [1.54, 1.807) is 23.1 Å². The molecule has 0 radical (unpaired) electrons. The molecular formula is C26H33FN4O4S2. The van der Waals surface area contributed by atoms with Gasteiger partial charge in [-0.15, -0.1) is 0 Å². The van der Waals surface area contributed by atoms with Crippen molar-refractivity contribution in [3.8, 4) is 0 Å². The van der Waals surface area contributed by atoms with Gasteiger partial charge in [0.1, 0.15) is 11.1 Å². The van der Waals surface area contributed by atoms with Gasteiger partial charge >= 0.3 is 0 Å². The molecule has 2 aromatic rings. The van der Waals surface area contributed by atoms with Gasteiger partial charge in [-0.1, -0.05) is 43.8 Å². The third-order valence-corrected chi connectivity index (χ3v) is 8.87. The zero-order valence-corrected chi connectivity index (χ0v) is 23.3. The average molecular weight is 549 g/mol.